The standard InChI is InChI=1S/C27H25N3O4S3/c1-3-13-30-25(32)22-17-11-8-12-19(17)36-24(22)29-27(30)35-15-21(31)28-23-18(26(33)34-4-2)14-20(37-23)16-9-6-5-7-10-16/h3-7,9-10,14,22,24H,1-2,8,11-13,15H2,(H,28,31). The number of nitrogens with zero attached hydrogens (tertiary/aromatic N) is 2. The molecule has 0 saturated carbocycles. The first kappa shape index (κ1) is 25.6. The molecule has 1 N–H and O–H groups in total. The quantitative estimate of drug-likeness (QED) is 0.250. The van der Waals surface area contributed by atoms with Crippen LogP contribution in [0.3, 0.4) is 0 Å². The number of thioether (sulfide) groups is 2. The van der Waals surface area contributed by atoms with E-state index in [0.717, 1.165) is 36.0 Å². The highest BCUT2D eigenvalue weighted by Crippen LogP contribution is 2.52. The summed E-state index contributed by atoms with van der Waals surface area (Å²) in [6.45, 7) is 7.58. The highest BCUT2D eigenvalue weighted by atomic mass is 32.2. The summed E-state index contributed by atoms with van der Waals surface area (Å²) in [5, 5.41) is 3.61. The maximum Gasteiger partial charge on any atom is 0.345 e. The van der Waals surface area contributed by atoms with Gasteiger partial charge in [-0.25, -0.2) is 9.79 Å². The molecule has 190 valence electrons. The van der Waals surface area contributed by atoms with Gasteiger partial charge in [-0.2, -0.15) is 0 Å². The number of allylic oxidation sites excluding steroid dienone is 1. The topological polar surface area (TPSA) is 88.1 Å². The fraction of sp³-hybridized carbons (Fsp3) is 0.259. The molecule has 0 radical (unpaired) electrons. The number of rotatable bonds is 8. The van der Waals surface area contributed by atoms with Crippen LogP contribution in [0.15, 0.2) is 77.4 Å². The minimum absolute atomic E-state index is 0.0300. The molecule has 1 aromatic carbocycles. The van der Waals surface area contributed by atoms with E-state index in [1.54, 1.807) is 28.8 Å². The number of fused-ring (bicyclic) bond motifs is 2. The van der Waals surface area contributed by atoms with Gasteiger partial charge in [-0.3, -0.25) is 14.5 Å². The molecule has 3 aliphatic rings. The molecule has 0 spiro atoms. The van der Waals surface area contributed by atoms with Crippen LogP contribution >= 0.6 is 34.9 Å². The lowest BCUT2D eigenvalue weighted by atomic mass is 9.96. The van der Waals surface area contributed by atoms with E-state index in [2.05, 4.69) is 18.5 Å². The Morgan fingerprint density at radius 1 is 1.24 bits per heavy atom. The van der Waals surface area contributed by atoms with Crippen molar-refractivity contribution in [3.63, 3.8) is 0 Å². The molecule has 2 atom stereocenters. The van der Waals surface area contributed by atoms with Gasteiger partial charge in [0.15, 0.2) is 5.17 Å². The molecule has 0 bridgehead atoms. The van der Waals surface area contributed by atoms with Crippen LogP contribution in [0, 0.1) is 5.92 Å². The largest absolute Gasteiger partial charge is 0.431 e. The first-order chi connectivity index (χ1) is 18.0. The molecule has 5 rings (SSSR count). The van der Waals surface area contributed by atoms with Crippen LogP contribution in [0.4, 0.5) is 5.00 Å². The van der Waals surface area contributed by atoms with Crippen molar-refractivity contribution < 1.29 is 19.1 Å². The van der Waals surface area contributed by atoms with Gasteiger partial charge >= 0.3 is 5.97 Å². The Morgan fingerprint density at radius 2 is 2.05 bits per heavy atom. The van der Waals surface area contributed by atoms with Gasteiger partial charge in [0.25, 0.3) is 0 Å². The van der Waals surface area contributed by atoms with Crippen molar-refractivity contribution in [2.75, 3.05) is 17.6 Å². The van der Waals surface area contributed by atoms with Gasteiger partial charge in [-0.1, -0.05) is 54.7 Å². The Morgan fingerprint density at radius 3 is 2.81 bits per heavy atom. The number of amides is 2. The number of hydrogen-bond acceptors (Lipinski definition) is 8. The van der Waals surface area contributed by atoms with Crippen LogP contribution in [-0.2, 0) is 14.3 Å². The Kier molecular flexibility index (Phi) is 7.68. The molecule has 1 aliphatic carbocycles. The van der Waals surface area contributed by atoms with Crippen molar-refractivity contribution in [2.45, 2.75) is 24.6 Å². The summed E-state index contributed by atoms with van der Waals surface area (Å²) in [7, 11) is 0. The highest BCUT2D eigenvalue weighted by Gasteiger charge is 2.47. The van der Waals surface area contributed by atoms with Gasteiger partial charge in [0, 0.05) is 11.4 Å². The van der Waals surface area contributed by atoms with Crippen molar-refractivity contribution in [2.24, 2.45) is 10.9 Å². The van der Waals surface area contributed by atoms with Crippen molar-refractivity contribution in [1.82, 2.24) is 4.90 Å². The van der Waals surface area contributed by atoms with Gasteiger partial charge in [0.1, 0.15) is 10.4 Å². The Labute approximate surface area is 227 Å². The van der Waals surface area contributed by atoms with Gasteiger partial charge < -0.3 is 10.1 Å². The summed E-state index contributed by atoms with van der Waals surface area (Å²) in [5.41, 5.74) is 2.42. The first-order valence-corrected chi connectivity index (χ1v) is 14.5. The number of thiophene rings is 1. The number of ether oxygens (including phenoxy) is 1. The lowest BCUT2D eigenvalue weighted by Crippen LogP contribution is -2.47. The molecule has 37 heavy (non-hydrogen) atoms. The van der Waals surface area contributed by atoms with E-state index in [4.69, 9.17) is 9.73 Å². The molecule has 2 aliphatic heterocycles. The number of anilines is 1. The van der Waals surface area contributed by atoms with Gasteiger partial charge in [0.2, 0.25) is 11.8 Å². The molecule has 10 heteroatoms. The molecule has 2 amide bonds. The monoisotopic (exact) mass is 551 g/mol. The van der Waals surface area contributed by atoms with Crippen LogP contribution in [0.2, 0.25) is 0 Å². The maximum atomic E-state index is 13.4. The van der Waals surface area contributed by atoms with Gasteiger partial charge in [0.05, 0.1) is 23.5 Å². The predicted molar refractivity (Wildman–Crippen MR) is 152 cm³/mol. The second-order valence-corrected chi connectivity index (χ2v) is 11.8. The number of carbonyl (C=O) groups is 3. The van der Waals surface area contributed by atoms with Crippen LogP contribution in [0.1, 0.15) is 29.6 Å². The lowest BCUT2D eigenvalue weighted by molar-refractivity contribution is -0.130. The number of carbonyl (C=O) groups excluding carboxylic acids is 3. The summed E-state index contributed by atoms with van der Waals surface area (Å²) in [6, 6.07) is 11.3. The van der Waals surface area contributed by atoms with Gasteiger partial charge in [-0.05, 0) is 41.4 Å². The van der Waals surface area contributed by atoms with Crippen LogP contribution in [0.25, 0.3) is 10.4 Å². The summed E-state index contributed by atoms with van der Waals surface area (Å²) in [6.07, 6.45) is 5.81. The summed E-state index contributed by atoms with van der Waals surface area (Å²) >= 11 is 4.20. The third-order valence-corrected chi connectivity index (χ3v) is 9.69. The molecule has 0 saturated heterocycles. The Bertz CT molecular complexity index is 1330. The first-order valence-electron chi connectivity index (χ1n) is 11.8. The third-order valence-electron chi connectivity index (χ3n) is 6.23. The summed E-state index contributed by atoms with van der Waals surface area (Å²) < 4.78 is 4.97. The number of hydrogen-bond donors (Lipinski definition) is 1. The second kappa shape index (κ2) is 11.1. The number of nitrogens with one attached hydrogen (secondary N) is 1. The van der Waals surface area contributed by atoms with E-state index in [0.29, 0.717) is 16.7 Å². The number of esters is 1. The predicted octanol–water partition coefficient (Wildman–Crippen LogP) is 5.90. The third kappa shape index (κ3) is 5.18. The van der Waals surface area contributed by atoms with Crippen LogP contribution in [-0.4, -0.2) is 45.5 Å². The van der Waals surface area contributed by atoms with E-state index in [-0.39, 0.29) is 34.4 Å². The van der Waals surface area contributed by atoms with E-state index < -0.39 is 5.97 Å². The molecular weight excluding hydrogens is 527 g/mol. The maximum absolute atomic E-state index is 13.4. The number of benzene rings is 1. The minimum Gasteiger partial charge on any atom is -0.431 e. The summed E-state index contributed by atoms with van der Waals surface area (Å²) in [5.74, 6) is -1.05. The number of amidine groups is 1. The van der Waals surface area contributed by atoms with Gasteiger partial charge in [-0.15, -0.1) is 29.7 Å². The van der Waals surface area contributed by atoms with E-state index in [1.807, 2.05) is 30.3 Å². The molecule has 3 heterocycles. The Balaban J connectivity index is 1.31. The fourth-order valence-electron chi connectivity index (χ4n) is 4.63. The second-order valence-electron chi connectivity index (χ2n) is 8.57. The summed E-state index contributed by atoms with van der Waals surface area (Å²) in [4.78, 5) is 47.5. The molecule has 2 unspecified atom stereocenters. The Hall–Kier alpha value is -3.08. The van der Waals surface area contributed by atoms with E-state index >= 15 is 0 Å². The lowest BCUT2D eigenvalue weighted by Gasteiger charge is -2.33. The van der Waals surface area contributed by atoms with Crippen LogP contribution in [0.5, 0.6) is 0 Å². The van der Waals surface area contributed by atoms with Crippen molar-refractivity contribution in [3.8, 4) is 10.4 Å². The molecule has 0 fully saturated rings. The normalized spacial score (nSPS) is 20.3. The SMILES string of the molecule is C=CCN1C(=O)C2C3=C(CCC3)SC2N=C1SCC(=O)Nc1sc(-c2ccccc2)cc1C(=O)OC=C. The smallest absolute Gasteiger partial charge is 0.345 e. The minimum atomic E-state index is -0.597. The van der Waals surface area contributed by atoms with Crippen molar-refractivity contribution in [3.05, 3.63) is 77.9 Å². The van der Waals surface area contributed by atoms with E-state index in [1.165, 1.54) is 33.6 Å². The fourth-order valence-corrected chi connectivity index (χ4v) is 8.10. The van der Waals surface area contributed by atoms with Crippen LogP contribution < -0.4 is 5.32 Å². The highest BCUT2D eigenvalue weighted by molar-refractivity contribution is 8.14. The molecule has 1 aromatic heterocycles. The zero-order chi connectivity index (χ0) is 25.9. The average molecular weight is 552 g/mol. The zero-order valence-corrected chi connectivity index (χ0v) is 22.4. The number of aliphatic imine (C=N–C) groups is 1. The van der Waals surface area contributed by atoms with E-state index in [9.17, 15) is 14.4 Å². The average Bonchev–Trinajstić information content (AvgIpc) is 3.60. The molecule has 7 nitrogen and oxygen atoms in total. The van der Waals surface area contributed by atoms with Crippen molar-refractivity contribution >= 4 is 62.8 Å². The zero-order valence-electron chi connectivity index (χ0n) is 20.0. The molecule has 2 aromatic rings. The molecular formula is C27H25N3O4S3. The van der Waals surface area contributed by atoms with Crippen molar-refractivity contribution in [1.29, 1.82) is 0 Å².